The van der Waals surface area contributed by atoms with Crippen molar-refractivity contribution in [2.24, 2.45) is 0 Å². The fraction of sp³-hybridized carbons (Fsp3) is 0.314. The molecule has 4 aromatic rings. The molecule has 0 radical (unpaired) electrons. The molecular weight excluding hydrogens is 605 g/mol. The van der Waals surface area contributed by atoms with E-state index in [9.17, 15) is 0 Å². The van der Waals surface area contributed by atoms with Crippen molar-refractivity contribution in [2.75, 3.05) is 26.3 Å². The molecule has 1 aliphatic rings. The van der Waals surface area contributed by atoms with Crippen LogP contribution in [0.1, 0.15) is 34.6 Å². The molecule has 0 saturated carbocycles. The number of ether oxygens (including phenoxy) is 4. The van der Waals surface area contributed by atoms with Crippen LogP contribution in [-0.2, 0) is 34.0 Å². The highest BCUT2D eigenvalue weighted by atomic mass is 35.5. The molecule has 0 aliphatic carbocycles. The maximum Gasteiger partial charge on any atom is 0.119 e. The first-order chi connectivity index (χ1) is 20.6. The Labute approximate surface area is 270 Å². The van der Waals surface area contributed by atoms with Crippen molar-refractivity contribution in [2.45, 2.75) is 44.4 Å². The van der Waals surface area contributed by atoms with Gasteiger partial charge in [0.2, 0.25) is 0 Å². The molecule has 1 aliphatic heterocycles. The van der Waals surface area contributed by atoms with Crippen molar-refractivity contribution in [1.82, 2.24) is 5.32 Å². The molecule has 1 saturated heterocycles. The van der Waals surface area contributed by atoms with Gasteiger partial charge in [-0.15, -0.1) is 12.4 Å². The van der Waals surface area contributed by atoms with Crippen molar-refractivity contribution in [1.29, 1.82) is 0 Å². The second-order valence-corrected chi connectivity index (χ2v) is 11.3. The molecule has 1 heterocycles. The van der Waals surface area contributed by atoms with E-state index < -0.39 is 0 Å². The van der Waals surface area contributed by atoms with E-state index in [1.807, 2.05) is 78.9 Å². The van der Waals surface area contributed by atoms with E-state index >= 15 is 0 Å². The lowest BCUT2D eigenvalue weighted by atomic mass is 9.85. The SMILES string of the molecule is Cl.Clc1ccc(CO[C@H]2CNC[C@@H](OCc3ccc(Cl)cc3)C2c2ccc(OCCCOCc3ccccc3)cc2)cc1. The molecule has 0 spiro atoms. The predicted molar refractivity (Wildman–Crippen MR) is 176 cm³/mol. The number of halogens is 3. The Morgan fingerprint density at radius 1 is 0.605 bits per heavy atom. The van der Waals surface area contributed by atoms with Crippen molar-refractivity contribution in [3.05, 3.63) is 135 Å². The van der Waals surface area contributed by atoms with Crippen LogP contribution in [0.15, 0.2) is 103 Å². The molecule has 8 heteroatoms. The second-order valence-electron chi connectivity index (χ2n) is 10.4. The molecular formula is C35H38Cl3NO4. The molecule has 228 valence electrons. The Hall–Kier alpha value is -2.61. The van der Waals surface area contributed by atoms with Gasteiger partial charge in [-0.1, -0.05) is 89.9 Å². The Bertz CT molecular complexity index is 1280. The zero-order valence-corrected chi connectivity index (χ0v) is 26.3. The van der Waals surface area contributed by atoms with Gasteiger partial charge in [0.25, 0.3) is 0 Å². The van der Waals surface area contributed by atoms with E-state index in [2.05, 4.69) is 29.6 Å². The minimum absolute atomic E-state index is 0. The smallest absolute Gasteiger partial charge is 0.119 e. The van der Waals surface area contributed by atoms with E-state index in [-0.39, 0.29) is 30.5 Å². The van der Waals surface area contributed by atoms with Gasteiger partial charge in [0.15, 0.2) is 0 Å². The maximum atomic E-state index is 6.49. The first-order valence-corrected chi connectivity index (χ1v) is 15.2. The minimum Gasteiger partial charge on any atom is -0.494 e. The molecule has 43 heavy (non-hydrogen) atoms. The third-order valence-electron chi connectivity index (χ3n) is 7.33. The highest BCUT2D eigenvalue weighted by Gasteiger charge is 2.36. The quantitative estimate of drug-likeness (QED) is 0.140. The number of hydrogen-bond donors (Lipinski definition) is 1. The zero-order chi connectivity index (χ0) is 29.0. The number of rotatable bonds is 14. The van der Waals surface area contributed by atoms with Crippen LogP contribution in [0, 0.1) is 0 Å². The molecule has 5 rings (SSSR count). The molecule has 4 aromatic carbocycles. The van der Waals surface area contributed by atoms with E-state index in [0.29, 0.717) is 43.1 Å². The Kier molecular flexibility index (Phi) is 13.6. The molecule has 3 atom stereocenters. The average molecular weight is 643 g/mol. The lowest BCUT2D eigenvalue weighted by Gasteiger charge is -2.39. The summed E-state index contributed by atoms with van der Waals surface area (Å²) in [7, 11) is 0. The summed E-state index contributed by atoms with van der Waals surface area (Å²) in [5.41, 5.74) is 4.51. The number of benzene rings is 4. The Balaban J connectivity index is 0.00000423. The van der Waals surface area contributed by atoms with E-state index in [0.717, 1.165) is 42.0 Å². The number of piperidine rings is 1. The van der Waals surface area contributed by atoms with Gasteiger partial charge in [0.1, 0.15) is 5.75 Å². The van der Waals surface area contributed by atoms with Crippen LogP contribution >= 0.6 is 35.6 Å². The summed E-state index contributed by atoms with van der Waals surface area (Å²) >= 11 is 12.2. The highest BCUT2D eigenvalue weighted by molar-refractivity contribution is 6.30. The van der Waals surface area contributed by atoms with Crippen LogP contribution in [0.5, 0.6) is 5.75 Å². The van der Waals surface area contributed by atoms with Crippen LogP contribution < -0.4 is 10.1 Å². The summed E-state index contributed by atoms with van der Waals surface area (Å²) < 4.78 is 24.8. The largest absolute Gasteiger partial charge is 0.494 e. The van der Waals surface area contributed by atoms with Gasteiger partial charge in [-0.3, -0.25) is 0 Å². The summed E-state index contributed by atoms with van der Waals surface area (Å²) in [5.74, 6) is 0.888. The summed E-state index contributed by atoms with van der Waals surface area (Å²) in [6.07, 6.45) is 0.681. The maximum absolute atomic E-state index is 6.49. The summed E-state index contributed by atoms with van der Waals surface area (Å²) in [6, 6.07) is 34.1. The lowest BCUT2D eigenvalue weighted by molar-refractivity contribution is -0.0650. The molecule has 5 nitrogen and oxygen atoms in total. The van der Waals surface area contributed by atoms with Crippen LogP contribution in [0.4, 0.5) is 0 Å². The topological polar surface area (TPSA) is 49.0 Å². The Morgan fingerprint density at radius 2 is 1.14 bits per heavy atom. The van der Waals surface area contributed by atoms with Gasteiger partial charge < -0.3 is 24.3 Å². The van der Waals surface area contributed by atoms with E-state index in [1.54, 1.807) is 0 Å². The minimum atomic E-state index is -0.0711. The van der Waals surface area contributed by atoms with Crippen LogP contribution in [-0.4, -0.2) is 38.5 Å². The molecule has 0 aromatic heterocycles. The van der Waals surface area contributed by atoms with Crippen molar-refractivity contribution < 1.29 is 18.9 Å². The fourth-order valence-electron chi connectivity index (χ4n) is 5.09. The summed E-state index contributed by atoms with van der Waals surface area (Å²) in [5, 5.41) is 4.95. The standard InChI is InChI=1S/C35H37Cl2NO4.ClH/c36-30-13-7-27(8-14-30)24-41-33-21-38-22-34(42-25-28-9-15-31(37)16-10-28)35(33)29-11-17-32(18-12-29)40-20-4-19-39-23-26-5-2-1-3-6-26;/h1-3,5-18,33-35,38H,4,19-25H2;1H/t33-,34+,35?;. The predicted octanol–water partition coefficient (Wildman–Crippen LogP) is 8.26. The third-order valence-corrected chi connectivity index (χ3v) is 7.83. The molecule has 1 unspecified atom stereocenters. The first-order valence-electron chi connectivity index (χ1n) is 14.4. The zero-order valence-electron chi connectivity index (χ0n) is 24.0. The Morgan fingerprint density at radius 3 is 1.70 bits per heavy atom. The van der Waals surface area contributed by atoms with Crippen LogP contribution in [0.3, 0.4) is 0 Å². The van der Waals surface area contributed by atoms with Gasteiger partial charge in [-0.05, 0) is 58.7 Å². The molecule has 0 amide bonds. The number of nitrogens with one attached hydrogen (secondary N) is 1. The molecule has 1 N–H and O–H groups in total. The van der Waals surface area contributed by atoms with Gasteiger partial charge in [0, 0.05) is 35.5 Å². The average Bonchev–Trinajstić information content (AvgIpc) is 3.03. The second kappa shape index (κ2) is 17.6. The number of hydrogen-bond acceptors (Lipinski definition) is 5. The van der Waals surface area contributed by atoms with Crippen LogP contribution in [0.2, 0.25) is 10.0 Å². The lowest BCUT2D eigenvalue weighted by Crippen LogP contribution is -2.50. The summed E-state index contributed by atoms with van der Waals surface area (Å²) in [4.78, 5) is 0. The van der Waals surface area contributed by atoms with Crippen molar-refractivity contribution in [3.8, 4) is 5.75 Å². The monoisotopic (exact) mass is 641 g/mol. The highest BCUT2D eigenvalue weighted by Crippen LogP contribution is 2.32. The van der Waals surface area contributed by atoms with E-state index in [4.69, 9.17) is 42.1 Å². The fourth-order valence-corrected chi connectivity index (χ4v) is 5.34. The first kappa shape index (κ1) is 33.3. The van der Waals surface area contributed by atoms with Crippen molar-refractivity contribution in [3.63, 3.8) is 0 Å². The van der Waals surface area contributed by atoms with Crippen LogP contribution in [0.25, 0.3) is 0 Å². The third kappa shape index (κ3) is 10.5. The van der Waals surface area contributed by atoms with Gasteiger partial charge >= 0.3 is 0 Å². The molecule has 1 fully saturated rings. The van der Waals surface area contributed by atoms with Crippen molar-refractivity contribution >= 4 is 35.6 Å². The van der Waals surface area contributed by atoms with E-state index in [1.165, 1.54) is 5.56 Å². The van der Waals surface area contributed by atoms with Gasteiger partial charge in [0.05, 0.1) is 45.2 Å². The molecule has 0 bridgehead atoms. The summed E-state index contributed by atoms with van der Waals surface area (Å²) in [6.45, 7) is 4.34. The van der Waals surface area contributed by atoms with Gasteiger partial charge in [-0.2, -0.15) is 0 Å². The normalized spacial score (nSPS) is 18.1. The van der Waals surface area contributed by atoms with Gasteiger partial charge in [-0.25, -0.2) is 0 Å².